The van der Waals surface area contributed by atoms with Gasteiger partial charge in [-0.2, -0.15) is 0 Å². The first-order valence-electron chi connectivity index (χ1n) is 7.17. The van der Waals surface area contributed by atoms with E-state index in [-0.39, 0.29) is 17.9 Å². The number of nitrogens with zero attached hydrogens (tertiary/aromatic N) is 1. The van der Waals surface area contributed by atoms with E-state index in [0.717, 1.165) is 0 Å². The molecule has 3 heterocycles. The van der Waals surface area contributed by atoms with Crippen molar-refractivity contribution in [1.82, 2.24) is 14.9 Å². The summed E-state index contributed by atoms with van der Waals surface area (Å²) < 4.78 is 7.50. The second-order valence-electron chi connectivity index (χ2n) is 5.96. The Bertz CT molecular complexity index is 707. The minimum absolute atomic E-state index is 0.0587. The van der Waals surface area contributed by atoms with Crippen LogP contribution in [0.2, 0.25) is 0 Å². The third-order valence-electron chi connectivity index (χ3n) is 4.84. The van der Waals surface area contributed by atoms with Gasteiger partial charge in [0.15, 0.2) is 6.23 Å². The summed E-state index contributed by atoms with van der Waals surface area (Å²) in [5.74, 6) is 0.0426. The van der Waals surface area contributed by atoms with Gasteiger partial charge in [0.25, 0.3) is 5.56 Å². The molecular weight excluding hydrogens is 274 g/mol. The Labute approximate surface area is 121 Å². The molecule has 0 aliphatic carbocycles. The zero-order valence-electron chi connectivity index (χ0n) is 12.3. The quantitative estimate of drug-likeness (QED) is 0.805. The molecule has 1 amide bonds. The number of carbonyl (C=O) groups is 1. The summed E-state index contributed by atoms with van der Waals surface area (Å²) in [7, 11) is 0. The van der Waals surface area contributed by atoms with Crippen molar-refractivity contribution < 1.29 is 9.53 Å². The van der Waals surface area contributed by atoms with Crippen LogP contribution in [0.15, 0.2) is 15.8 Å². The standard InChI is InChI=1S/C14H19N3O4/c1-4-14-5-9(18)15-10(8(14)3)12(21-14)17-6-7(2)11(19)16-13(17)20/h6,8,10,12H,4-5H2,1-3H3,(H,15,18)(H,16,19,20)/t8?,10-,12+,14-/m0/s1. The van der Waals surface area contributed by atoms with Crippen molar-refractivity contribution in [2.45, 2.75) is 51.5 Å². The van der Waals surface area contributed by atoms with Gasteiger partial charge in [0, 0.05) is 17.7 Å². The third-order valence-corrected chi connectivity index (χ3v) is 4.84. The molecule has 0 saturated carbocycles. The number of hydrogen-bond donors (Lipinski definition) is 2. The second kappa shape index (κ2) is 4.56. The van der Waals surface area contributed by atoms with Crippen molar-refractivity contribution in [3.63, 3.8) is 0 Å². The fourth-order valence-corrected chi connectivity index (χ4v) is 3.44. The topological polar surface area (TPSA) is 93.2 Å². The molecule has 1 unspecified atom stereocenters. The molecule has 0 aromatic carbocycles. The maximum absolute atomic E-state index is 12.1. The van der Waals surface area contributed by atoms with Crippen LogP contribution in [0.25, 0.3) is 0 Å². The highest BCUT2D eigenvalue weighted by atomic mass is 16.5. The molecule has 2 saturated heterocycles. The van der Waals surface area contributed by atoms with E-state index in [9.17, 15) is 14.4 Å². The third kappa shape index (κ3) is 1.95. The van der Waals surface area contributed by atoms with Crippen molar-refractivity contribution in [3.05, 3.63) is 32.6 Å². The molecule has 2 aliphatic heterocycles. The van der Waals surface area contributed by atoms with E-state index in [1.807, 2.05) is 13.8 Å². The highest BCUT2D eigenvalue weighted by molar-refractivity contribution is 5.79. The smallest absolute Gasteiger partial charge is 0.330 e. The van der Waals surface area contributed by atoms with Gasteiger partial charge in [0.1, 0.15) is 0 Å². The van der Waals surface area contributed by atoms with Crippen LogP contribution in [0.4, 0.5) is 0 Å². The Hall–Kier alpha value is -1.89. The van der Waals surface area contributed by atoms with Crippen LogP contribution < -0.4 is 16.6 Å². The summed E-state index contributed by atoms with van der Waals surface area (Å²) in [4.78, 5) is 37.7. The number of aromatic nitrogens is 2. The summed E-state index contributed by atoms with van der Waals surface area (Å²) in [5.41, 5.74) is -1.03. The highest BCUT2D eigenvalue weighted by Crippen LogP contribution is 2.47. The van der Waals surface area contributed by atoms with Crippen molar-refractivity contribution in [1.29, 1.82) is 0 Å². The van der Waals surface area contributed by atoms with Gasteiger partial charge in [0.2, 0.25) is 5.91 Å². The SMILES string of the molecule is CC[C@]12CC(=O)N[C@@H](C1C)[C@H](n1cc(C)c(=O)[nH]c1=O)O2. The average molecular weight is 293 g/mol. The summed E-state index contributed by atoms with van der Waals surface area (Å²) in [5, 5.41) is 2.91. The maximum atomic E-state index is 12.1. The summed E-state index contributed by atoms with van der Waals surface area (Å²) in [6.45, 7) is 5.64. The molecule has 3 rings (SSSR count). The normalized spacial score (nSPS) is 34.8. The van der Waals surface area contributed by atoms with E-state index >= 15 is 0 Å². The van der Waals surface area contributed by atoms with Gasteiger partial charge in [-0.3, -0.25) is 19.1 Å². The Morgan fingerprint density at radius 1 is 1.43 bits per heavy atom. The Balaban J connectivity index is 2.09. The first-order valence-corrected chi connectivity index (χ1v) is 7.17. The average Bonchev–Trinajstić information content (AvgIpc) is 2.60. The van der Waals surface area contributed by atoms with E-state index in [2.05, 4.69) is 10.3 Å². The lowest BCUT2D eigenvalue weighted by molar-refractivity contribution is -0.133. The molecular formula is C14H19N3O4. The number of rotatable bonds is 2. The molecule has 0 radical (unpaired) electrons. The van der Waals surface area contributed by atoms with Gasteiger partial charge >= 0.3 is 5.69 Å². The Morgan fingerprint density at radius 3 is 2.81 bits per heavy atom. The number of amides is 1. The minimum atomic E-state index is -0.588. The van der Waals surface area contributed by atoms with Gasteiger partial charge in [-0.25, -0.2) is 4.79 Å². The van der Waals surface area contributed by atoms with Gasteiger partial charge < -0.3 is 10.1 Å². The summed E-state index contributed by atoms with van der Waals surface area (Å²) in [6.07, 6.45) is 1.91. The molecule has 2 bridgehead atoms. The maximum Gasteiger partial charge on any atom is 0.330 e. The number of hydrogen-bond acceptors (Lipinski definition) is 4. The summed E-state index contributed by atoms with van der Waals surface area (Å²) >= 11 is 0. The van der Waals surface area contributed by atoms with Crippen molar-refractivity contribution in [2.24, 2.45) is 5.92 Å². The number of aromatic amines is 1. The number of nitrogens with one attached hydrogen (secondary N) is 2. The minimum Gasteiger partial charge on any atom is -0.348 e. The number of H-pyrrole nitrogens is 1. The lowest BCUT2D eigenvalue weighted by atomic mass is 9.78. The number of piperidine rings is 1. The first-order chi connectivity index (χ1) is 9.88. The molecule has 1 aromatic heterocycles. The van der Waals surface area contributed by atoms with Crippen molar-refractivity contribution in [2.75, 3.05) is 0 Å². The Morgan fingerprint density at radius 2 is 2.14 bits per heavy atom. The molecule has 21 heavy (non-hydrogen) atoms. The van der Waals surface area contributed by atoms with E-state index in [1.165, 1.54) is 10.8 Å². The predicted octanol–water partition coefficient (Wildman–Crippen LogP) is 0.0472. The highest BCUT2D eigenvalue weighted by Gasteiger charge is 2.57. The second-order valence-corrected chi connectivity index (χ2v) is 5.96. The van der Waals surface area contributed by atoms with Gasteiger partial charge in [0.05, 0.1) is 18.1 Å². The number of fused-ring (bicyclic) bond motifs is 2. The fourth-order valence-electron chi connectivity index (χ4n) is 3.44. The van der Waals surface area contributed by atoms with Crippen LogP contribution >= 0.6 is 0 Å². The van der Waals surface area contributed by atoms with Crippen LogP contribution in [-0.4, -0.2) is 27.1 Å². The fraction of sp³-hybridized carbons (Fsp3) is 0.643. The van der Waals surface area contributed by atoms with Gasteiger partial charge in [-0.15, -0.1) is 0 Å². The van der Waals surface area contributed by atoms with Crippen LogP contribution in [-0.2, 0) is 9.53 Å². The van der Waals surface area contributed by atoms with Crippen LogP contribution in [0.5, 0.6) is 0 Å². The predicted molar refractivity (Wildman–Crippen MR) is 74.9 cm³/mol. The molecule has 2 fully saturated rings. The molecule has 0 spiro atoms. The van der Waals surface area contributed by atoms with Gasteiger partial charge in [-0.05, 0) is 13.3 Å². The monoisotopic (exact) mass is 293 g/mol. The van der Waals surface area contributed by atoms with Crippen LogP contribution in [0.3, 0.4) is 0 Å². The first kappa shape index (κ1) is 14.1. The van der Waals surface area contributed by atoms with E-state index < -0.39 is 23.1 Å². The van der Waals surface area contributed by atoms with Crippen molar-refractivity contribution >= 4 is 5.91 Å². The Kier molecular flexibility index (Phi) is 3.05. The molecule has 2 aliphatic rings. The van der Waals surface area contributed by atoms with Crippen LogP contribution in [0, 0.1) is 12.8 Å². The molecule has 7 nitrogen and oxygen atoms in total. The van der Waals surface area contributed by atoms with E-state index in [4.69, 9.17) is 4.74 Å². The van der Waals surface area contributed by atoms with Gasteiger partial charge in [-0.1, -0.05) is 13.8 Å². The van der Waals surface area contributed by atoms with Crippen LogP contribution in [0.1, 0.15) is 38.5 Å². The van der Waals surface area contributed by atoms with E-state index in [0.29, 0.717) is 18.4 Å². The molecule has 2 N–H and O–H groups in total. The molecule has 7 heteroatoms. The van der Waals surface area contributed by atoms with Crippen molar-refractivity contribution in [3.8, 4) is 0 Å². The summed E-state index contributed by atoms with van der Waals surface area (Å²) in [6, 6.07) is -0.269. The number of ether oxygens (including phenoxy) is 1. The number of carbonyl (C=O) groups excluding carboxylic acids is 1. The number of aryl methyl sites for hydroxylation is 1. The zero-order chi connectivity index (χ0) is 15.4. The molecule has 4 atom stereocenters. The van der Waals surface area contributed by atoms with E-state index in [1.54, 1.807) is 6.92 Å². The zero-order valence-corrected chi connectivity index (χ0v) is 12.3. The lowest BCUT2D eigenvalue weighted by Gasteiger charge is -2.35. The lowest BCUT2D eigenvalue weighted by Crippen LogP contribution is -2.52. The molecule has 1 aromatic rings. The molecule has 114 valence electrons. The largest absolute Gasteiger partial charge is 0.348 e.